The summed E-state index contributed by atoms with van der Waals surface area (Å²) in [7, 11) is 0. The molecule has 0 aliphatic heterocycles. The Bertz CT molecular complexity index is 469. The van der Waals surface area contributed by atoms with Crippen molar-refractivity contribution < 1.29 is 4.79 Å². The molecule has 0 fully saturated rings. The van der Waals surface area contributed by atoms with Crippen LogP contribution in [0.2, 0.25) is 0 Å². The van der Waals surface area contributed by atoms with Gasteiger partial charge in [0.25, 0.3) is 0 Å². The first kappa shape index (κ1) is 17.5. The molecular weight excluding hydrogens is 262 g/mol. The van der Waals surface area contributed by atoms with E-state index < -0.39 is 0 Å². The summed E-state index contributed by atoms with van der Waals surface area (Å²) in [5.41, 5.74) is 8.91. The van der Waals surface area contributed by atoms with Crippen molar-refractivity contribution >= 4 is 11.6 Å². The number of hydrogen-bond acceptors (Lipinski definition) is 3. The topological polar surface area (TPSA) is 58.4 Å². The maximum Gasteiger partial charge on any atom is 0.236 e. The van der Waals surface area contributed by atoms with Crippen LogP contribution in [0.25, 0.3) is 0 Å². The highest BCUT2D eigenvalue weighted by Gasteiger charge is 2.13. The second kappa shape index (κ2) is 8.03. The monoisotopic (exact) mass is 291 g/mol. The lowest BCUT2D eigenvalue weighted by Gasteiger charge is -2.27. The second-order valence-electron chi connectivity index (χ2n) is 6.40. The van der Waals surface area contributed by atoms with Crippen molar-refractivity contribution in [3.8, 4) is 0 Å². The Morgan fingerprint density at radius 1 is 1.29 bits per heavy atom. The van der Waals surface area contributed by atoms with Crippen LogP contribution < -0.4 is 16.0 Å². The molecule has 1 aromatic rings. The lowest BCUT2D eigenvalue weighted by Crippen LogP contribution is -2.36. The lowest BCUT2D eigenvalue weighted by atomic mass is 10.1. The third-order valence-electron chi connectivity index (χ3n) is 3.25. The molecule has 118 valence electrons. The standard InChI is InChI=1S/C17H29N3O/c1-12(2)10-20(11-17(18)21)16-7-6-15(8-14(16)5)9-19-13(3)4/h6-8,12-13,19H,9-11H2,1-5H3,(H2,18,21). The first-order valence-corrected chi connectivity index (χ1v) is 7.65. The van der Waals surface area contributed by atoms with E-state index in [0.29, 0.717) is 12.0 Å². The summed E-state index contributed by atoms with van der Waals surface area (Å²) >= 11 is 0. The smallest absolute Gasteiger partial charge is 0.236 e. The van der Waals surface area contributed by atoms with Gasteiger partial charge in [0.15, 0.2) is 0 Å². The van der Waals surface area contributed by atoms with Crippen molar-refractivity contribution in [2.75, 3.05) is 18.0 Å². The zero-order valence-electron chi connectivity index (χ0n) is 13.9. The summed E-state index contributed by atoms with van der Waals surface area (Å²) in [4.78, 5) is 13.4. The zero-order valence-corrected chi connectivity index (χ0v) is 13.9. The minimum atomic E-state index is -0.291. The SMILES string of the molecule is Cc1cc(CNC(C)C)ccc1N(CC(N)=O)CC(C)C. The predicted octanol–water partition coefficient (Wildman–Crippen LogP) is 2.44. The highest BCUT2D eigenvalue weighted by molar-refractivity contribution is 5.80. The number of primary amides is 1. The summed E-state index contributed by atoms with van der Waals surface area (Å²) in [6.45, 7) is 12.6. The number of hydrogen-bond donors (Lipinski definition) is 2. The van der Waals surface area contributed by atoms with E-state index in [4.69, 9.17) is 5.73 Å². The first-order valence-electron chi connectivity index (χ1n) is 7.65. The number of carbonyl (C=O) groups is 1. The van der Waals surface area contributed by atoms with Gasteiger partial charge in [0, 0.05) is 24.8 Å². The van der Waals surface area contributed by atoms with Gasteiger partial charge in [-0.15, -0.1) is 0 Å². The van der Waals surface area contributed by atoms with E-state index in [1.54, 1.807) is 0 Å². The van der Waals surface area contributed by atoms with E-state index in [1.807, 2.05) is 0 Å². The van der Waals surface area contributed by atoms with E-state index in [-0.39, 0.29) is 12.5 Å². The lowest BCUT2D eigenvalue weighted by molar-refractivity contribution is -0.116. The fraction of sp³-hybridized carbons (Fsp3) is 0.588. The van der Waals surface area contributed by atoms with Gasteiger partial charge >= 0.3 is 0 Å². The molecule has 0 unspecified atom stereocenters. The summed E-state index contributed by atoms with van der Waals surface area (Å²) in [5, 5.41) is 3.41. The van der Waals surface area contributed by atoms with Gasteiger partial charge in [-0.05, 0) is 30.0 Å². The van der Waals surface area contributed by atoms with Gasteiger partial charge < -0.3 is 16.0 Å². The number of nitrogens with zero attached hydrogens (tertiary/aromatic N) is 1. The minimum absolute atomic E-state index is 0.266. The highest BCUT2D eigenvalue weighted by Crippen LogP contribution is 2.22. The van der Waals surface area contributed by atoms with Crippen LogP contribution in [-0.2, 0) is 11.3 Å². The van der Waals surface area contributed by atoms with Gasteiger partial charge in [-0.1, -0.05) is 39.8 Å². The van der Waals surface area contributed by atoms with Gasteiger partial charge in [0.1, 0.15) is 0 Å². The normalized spacial score (nSPS) is 11.2. The fourth-order valence-electron chi connectivity index (χ4n) is 2.38. The number of nitrogens with two attached hydrogens (primary N) is 1. The van der Waals surface area contributed by atoms with E-state index in [9.17, 15) is 4.79 Å². The zero-order chi connectivity index (χ0) is 16.0. The number of benzene rings is 1. The molecule has 0 bridgehead atoms. The molecule has 0 aliphatic rings. The summed E-state index contributed by atoms with van der Waals surface area (Å²) in [6, 6.07) is 6.86. The molecule has 0 radical (unpaired) electrons. The molecule has 1 rings (SSSR count). The molecule has 0 spiro atoms. The molecule has 0 saturated heterocycles. The Morgan fingerprint density at radius 3 is 2.43 bits per heavy atom. The van der Waals surface area contributed by atoms with Crippen LogP contribution in [0.3, 0.4) is 0 Å². The maximum atomic E-state index is 11.3. The average Bonchev–Trinajstić information content (AvgIpc) is 2.34. The van der Waals surface area contributed by atoms with Gasteiger partial charge in [-0.25, -0.2) is 0 Å². The summed E-state index contributed by atoms with van der Waals surface area (Å²) in [5.74, 6) is 0.187. The molecule has 0 saturated carbocycles. The molecular formula is C17H29N3O. The molecule has 0 aliphatic carbocycles. The molecule has 4 heteroatoms. The first-order chi connectivity index (χ1) is 9.79. The number of nitrogens with one attached hydrogen (secondary N) is 1. The number of carbonyl (C=O) groups excluding carboxylic acids is 1. The summed E-state index contributed by atoms with van der Waals surface area (Å²) < 4.78 is 0. The number of anilines is 1. The maximum absolute atomic E-state index is 11.3. The van der Waals surface area contributed by atoms with E-state index in [0.717, 1.165) is 18.8 Å². The van der Waals surface area contributed by atoms with Crippen LogP contribution in [0.15, 0.2) is 18.2 Å². The fourth-order valence-corrected chi connectivity index (χ4v) is 2.38. The Hall–Kier alpha value is -1.55. The Labute approximate surface area is 128 Å². The number of aryl methyl sites for hydroxylation is 1. The molecule has 4 nitrogen and oxygen atoms in total. The van der Waals surface area contributed by atoms with Crippen LogP contribution in [0.1, 0.15) is 38.8 Å². The third-order valence-corrected chi connectivity index (χ3v) is 3.25. The second-order valence-corrected chi connectivity index (χ2v) is 6.40. The van der Waals surface area contributed by atoms with Crippen molar-refractivity contribution in [1.29, 1.82) is 0 Å². The number of rotatable bonds is 8. The quantitative estimate of drug-likeness (QED) is 0.773. The number of amides is 1. The highest BCUT2D eigenvalue weighted by atomic mass is 16.1. The van der Waals surface area contributed by atoms with Crippen molar-refractivity contribution in [1.82, 2.24) is 5.32 Å². The molecule has 0 aromatic heterocycles. The van der Waals surface area contributed by atoms with Crippen molar-refractivity contribution in [3.05, 3.63) is 29.3 Å². The largest absolute Gasteiger partial charge is 0.368 e. The average molecular weight is 291 g/mol. The van der Waals surface area contributed by atoms with Crippen molar-refractivity contribution in [2.24, 2.45) is 11.7 Å². The third kappa shape index (κ3) is 6.17. The van der Waals surface area contributed by atoms with Crippen LogP contribution in [0.4, 0.5) is 5.69 Å². The summed E-state index contributed by atoms with van der Waals surface area (Å²) in [6.07, 6.45) is 0. The van der Waals surface area contributed by atoms with Gasteiger partial charge in [-0.2, -0.15) is 0 Å². The molecule has 3 N–H and O–H groups in total. The van der Waals surface area contributed by atoms with Crippen LogP contribution in [0, 0.1) is 12.8 Å². The molecule has 1 aromatic carbocycles. The van der Waals surface area contributed by atoms with Crippen molar-refractivity contribution in [3.63, 3.8) is 0 Å². The minimum Gasteiger partial charge on any atom is -0.368 e. The van der Waals surface area contributed by atoms with E-state index in [1.165, 1.54) is 11.1 Å². The van der Waals surface area contributed by atoms with Crippen LogP contribution in [0.5, 0.6) is 0 Å². The van der Waals surface area contributed by atoms with Gasteiger partial charge in [0.2, 0.25) is 5.91 Å². The Balaban J connectivity index is 2.90. The Kier molecular flexibility index (Phi) is 6.69. The molecule has 1 amide bonds. The Morgan fingerprint density at radius 2 is 1.95 bits per heavy atom. The van der Waals surface area contributed by atoms with Crippen LogP contribution in [-0.4, -0.2) is 25.0 Å². The molecule has 0 atom stereocenters. The van der Waals surface area contributed by atoms with E-state index >= 15 is 0 Å². The van der Waals surface area contributed by atoms with Crippen LogP contribution >= 0.6 is 0 Å². The van der Waals surface area contributed by atoms with Crippen molar-refractivity contribution in [2.45, 2.75) is 47.2 Å². The molecule has 21 heavy (non-hydrogen) atoms. The van der Waals surface area contributed by atoms with Gasteiger partial charge in [-0.3, -0.25) is 4.79 Å². The molecule has 0 heterocycles. The predicted molar refractivity (Wildman–Crippen MR) is 89.4 cm³/mol. The van der Waals surface area contributed by atoms with Gasteiger partial charge in [0.05, 0.1) is 6.54 Å². The van der Waals surface area contributed by atoms with E-state index in [2.05, 4.69) is 63.0 Å².